The van der Waals surface area contributed by atoms with Gasteiger partial charge < -0.3 is 14.5 Å². The van der Waals surface area contributed by atoms with Crippen molar-refractivity contribution < 1.29 is 9.13 Å². The lowest BCUT2D eigenvalue weighted by molar-refractivity contribution is 0.414. The molecule has 0 N–H and O–H groups in total. The summed E-state index contributed by atoms with van der Waals surface area (Å²) in [6.07, 6.45) is 2.92. The molecule has 4 nitrogen and oxygen atoms in total. The number of halogens is 1. The number of rotatable bonds is 3. The van der Waals surface area contributed by atoms with E-state index in [0.717, 1.165) is 25.4 Å². The summed E-state index contributed by atoms with van der Waals surface area (Å²) >= 11 is 0. The Balaban J connectivity index is 1.73. The predicted molar refractivity (Wildman–Crippen MR) is 86.2 cm³/mol. The molecule has 1 aromatic heterocycles. The Labute approximate surface area is 130 Å². The molecule has 2 aromatic rings. The molecule has 5 heteroatoms. The topological polar surface area (TPSA) is 28.6 Å². The first-order valence-electron chi connectivity index (χ1n) is 7.44. The summed E-state index contributed by atoms with van der Waals surface area (Å²) in [5, 5.41) is 0. The summed E-state index contributed by atoms with van der Waals surface area (Å²) in [5.41, 5.74) is 1.80. The van der Waals surface area contributed by atoms with Crippen LogP contribution in [0.3, 0.4) is 0 Å². The molecule has 22 heavy (non-hydrogen) atoms. The number of pyridine rings is 1. The Morgan fingerprint density at radius 2 is 1.95 bits per heavy atom. The van der Waals surface area contributed by atoms with Crippen LogP contribution in [0.4, 0.5) is 15.8 Å². The maximum Gasteiger partial charge on any atom is 0.164 e. The maximum atomic E-state index is 13.9. The highest BCUT2D eigenvalue weighted by atomic mass is 19.1. The predicted octanol–water partition coefficient (Wildman–Crippen LogP) is 2.94. The number of aromatic nitrogens is 1. The molecule has 0 radical (unpaired) electrons. The third-order valence-electron chi connectivity index (χ3n) is 4.13. The molecule has 1 saturated heterocycles. The monoisotopic (exact) mass is 301 g/mol. The minimum atomic E-state index is -0.257. The maximum absolute atomic E-state index is 13.9. The number of anilines is 2. The van der Waals surface area contributed by atoms with Gasteiger partial charge in [-0.2, -0.15) is 0 Å². The van der Waals surface area contributed by atoms with Crippen LogP contribution in [0, 0.1) is 5.82 Å². The Bertz CT molecular complexity index is 632. The van der Waals surface area contributed by atoms with Gasteiger partial charge in [0.15, 0.2) is 5.82 Å². The van der Waals surface area contributed by atoms with Gasteiger partial charge in [-0.3, -0.25) is 4.98 Å². The third kappa shape index (κ3) is 2.84. The summed E-state index contributed by atoms with van der Waals surface area (Å²) in [6, 6.07) is 10.0. The van der Waals surface area contributed by atoms with Crippen LogP contribution >= 0.6 is 0 Å². The molecule has 0 amide bonds. The van der Waals surface area contributed by atoms with Crippen LogP contribution in [0.2, 0.25) is 0 Å². The van der Waals surface area contributed by atoms with Crippen LogP contribution in [0.5, 0.6) is 5.75 Å². The van der Waals surface area contributed by atoms with Crippen molar-refractivity contribution in [2.45, 2.75) is 13.0 Å². The first kappa shape index (κ1) is 14.6. The molecule has 116 valence electrons. The molecule has 0 spiro atoms. The SMILES string of the molecule is COc1ccc(N2CCN(c3ccncc3F)[C@H](C)C2)cc1. The molecular formula is C17H20FN3O. The molecule has 0 bridgehead atoms. The third-order valence-corrected chi connectivity index (χ3v) is 4.13. The summed E-state index contributed by atoms with van der Waals surface area (Å²) in [7, 11) is 1.67. The van der Waals surface area contributed by atoms with Gasteiger partial charge in [0.2, 0.25) is 0 Å². The summed E-state index contributed by atoms with van der Waals surface area (Å²) in [5.74, 6) is 0.599. The van der Waals surface area contributed by atoms with Crippen molar-refractivity contribution in [2.75, 3.05) is 36.5 Å². The number of ether oxygens (including phenoxy) is 1. The van der Waals surface area contributed by atoms with Crippen LogP contribution in [-0.2, 0) is 0 Å². The van der Waals surface area contributed by atoms with E-state index in [2.05, 4.69) is 33.8 Å². The Morgan fingerprint density at radius 3 is 2.59 bits per heavy atom. The largest absolute Gasteiger partial charge is 0.497 e. The summed E-state index contributed by atoms with van der Waals surface area (Å²) in [6.45, 7) is 4.62. The Kier molecular flexibility index (Phi) is 4.13. The summed E-state index contributed by atoms with van der Waals surface area (Å²) in [4.78, 5) is 8.25. The second-order valence-corrected chi connectivity index (χ2v) is 5.51. The molecule has 1 fully saturated rings. The number of hydrogen-bond acceptors (Lipinski definition) is 4. The molecule has 3 rings (SSSR count). The van der Waals surface area contributed by atoms with Crippen LogP contribution in [-0.4, -0.2) is 37.8 Å². The smallest absolute Gasteiger partial charge is 0.164 e. The first-order chi connectivity index (χ1) is 10.7. The molecule has 1 atom stereocenters. The van der Waals surface area contributed by atoms with Gasteiger partial charge in [-0.1, -0.05) is 0 Å². The number of nitrogens with zero attached hydrogens (tertiary/aromatic N) is 3. The van der Waals surface area contributed by atoms with E-state index in [1.807, 2.05) is 12.1 Å². The highest BCUT2D eigenvalue weighted by Gasteiger charge is 2.25. The fourth-order valence-corrected chi connectivity index (χ4v) is 2.94. The zero-order valence-corrected chi connectivity index (χ0v) is 12.9. The van der Waals surface area contributed by atoms with E-state index in [-0.39, 0.29) is 11.9 Å². The zero-order chi connectivity index (χ0) is 15.5. The van der Waals surface area contributed by atoms with Gasteiger partial charge >= 0.3 is 0 Å². The van der Waals surface area contributed by atoms with Gasteiger partial charge in [0.25, 0.3) is 0 Å². The van der Waals surface area contributed by atoms with Gasteiger partial charge in [0.1, 0.15) is 5.75 Å². The van der Waals surface area contributed by atoms with E-state index < -0.39 is 0 Å². The number of methoxy groups -OCH3 is 1. The Morgan fingerprint density at radius 1 is 1.18 bits per heavy atom. The van der Waals surface area contributed by atoms with Crippen molar-refractivity contribution in [1.82, 2.24) is 4.98 Å². The van der Waals surface area contributed by atoms with Crippen LogP contribution in [0.1, 0.15) is 6.92 Å². The van der Waals surface area contributed by atoms with E-state index in [4.69, 9.17) is 4.74 Å². The van der Waals surface area contributed by atoms with E-state index in [1.165, 1.54) is 11.9 Å². The van der Waals surface area contributed by atoms with Crippen molar-refractivity contribution >= 4 is 11.4 Å². The van der Waals surface area contributed by atoms with Crippen LogP contribution < -0.4 is 14.5 Å². The minimum Gasteiger partial charge on any atom is -0.497 e. The number of hydrogen-bond donors (Lipinski definition) is 0. The van der Waals surface area contributed by atoms with E-state index in [9.17, 15) is 4.39 Å². The van der Waals surface area contributed by atoms with Gasteiger partial charge in [-0.25, -0.2) is 4.39 Å². The Hall–Kier alpha value is -2.30. The molecule has 0 aliphatic carbocycles. The van der Waals surface area contributed by atoms with Crippen LogP contribution in [0.15, 0.2) is 42.7 Å². The average Bonchev–Trinajstić information content (AvgIpc) is 2.56. The van der Waals surface area contributed by atoms with E-state index in [0.29, 0.717) is 5.69 Å². The number of benzene rings is 1. The molecule has 1 aliphatic rings. The van der Waals surface area contributed by atoms with Gasteiger partial charge in [-0.05, 0) is 37.3 Å². The lowest BCUT2D eigenvalue weighted by atomic mass is 10.1. The molecule has 2 heterocycles. The van der Waals surface area contributed by atoms with Crippen molar-refractivity contribution in [1.29, 1.82) is 0 Å². The molecular weight excluding hydrogens is 281 g/mol. The van der Waals surface area contributed by atoms with E-state index in [1.54, 1.807) is 19.4 Å². The van der Waals surface area contributed by atoms with Crippen molar-refractivity contribution in [3.05, 3.63) is 48.5 Å². The fraction of sp³-hybridized carbons (Fsp3) is 0.353. The van der Waals surface area contributed by atoms with Crippen LogP contribution in [0.25, 0.3) is 0 Å². The second-order valence-electron chi connectivity index (χ2n) is 5.51. The normalized spacial score (nSPS) is 18.4. The van der Waals surface area contributed by atoms with Crippen molar-refractivity contribution in [3.63, 3.8) is 0 Å². The second kappa shape index (κ2) is 6.22. The standard InChI is InChI=1S/C17H20FN3O/c1-13-12-20(14-3-5-15(22-2)6-4-14)9-10-21(13)17-7-8-19-11-16(17)18/h3-8,11,13H,9-10,12H2,1-2H3/t13-/m1/s1. The highest BCUT2D eigenvalue weighted by Crippen LogP contribution is 2.26. The van der Waals surface area contributed by atoms with E-state index >= 15 is 0 Å². The minimum absolute atomic E-state index is 0.229. The van der Waals surface area contributed by atoms with Gasteiger partial charge in [0, 0.05) is 37.6 Å². The zero-order valence-electron chi connectivity index (χ0n) is 12.9. The van der Waals surface area contributed by atoms with Gasteiger partial charge in [-0.15, -0.1) is 0 Å². The first-order valence-corrected chi connectivity index (χ1v) is 7.44. The number of piperazine rings is 1. The molecule has 0 unspecified atom stereocenters. The quantitative estimate of drug-likeness (QED) is 0.871. The van der Waals surface area contributed by atoms with Crippen molar-refractivity contribution in [2.24, 2.45) is 0 Å². The lowest BCUT2D eigenvalue weighted by Crippen LogP contribution is -2.52. The summed E-state index contributed by atoms with van der Waals surface area (Å²) < 4.78 is 19.1. The highest BCUT2D eigenvalue weighted by molar-refractivity contribution is 5.53. The fourth-order valence-electron chi connectivity index (χ4n) is 2.94. The molecule has 0 saturated carbocycles. The average molecular weight is 301 g/mol. The van der Waals surface area contributed by atoms with Crippen molar-refractivity contribution in [3.8, 4) is 5.75 Å². The molecule has 1 aromatic carbocycles. The lowest BCUT2D eigenvalue weighted by Gasteiger charge is -2.42. The molecule has 1 aliphatic heterocycles. The van der Waals surface area contributed by atoms with Gasteiger partial charge in [0.05, 0.1) is 19.0 Å².